The molecule has 0 aromatic heterocycles. The van der Waals surface area contributed by atoms with E-state index in [2.05, 4.69) is 12.1 Å². The van der Waals surface area contributed by atoms with E-state index >= 15 is 0 Å². The molecule has 84 valence electrons. The Morgan fingerprint density at radius 1 is 1.47 bits per heavy atom. The minimum atomic E-state index is 0.262. The molecule has 0 fully saturated rings. The van der Waals surface area contributed by atoms with Gasteiger partial charge in [-0.05, 0) is 6.42 Å². The summed E-state index contributed by atoms with van der Waals surface area (Å²) in [6, 6.07) is 2.46. The van der Waals surface area contributed by atoms with Gasteiger partial charge in [0, 0.05) is 29.5 Å². The Bertz CT molecular complexity index is 251. The molecule has 15 heavy (non-hydrogen) atoms. The number of thioether (sulfide) groups is 1. The van der Waals surface area contributed by atoms with E-state index in [4.69, 9.17) is 11.0 Å². The van der Waals surface area contributed by atoms with Crippen LogP contribution in [0.3, 0.4) is 0 Å². The molecule has 1 heterocycles. The van der Waals surface area contributed by atoms with E-state index < -0.39 is 0 Å². The Morgan fingerprint density at radius 2 is 2.20 bits per heavy atom. The van der Waals surface area contributed by atoms with Crippen LogP contribution in [0.15, 0.2) is 23.8 Å². The smallest absolute Gasteiger partial charge is 0.0947 e. The molecule has 0 aromatic carbocycles. The summed E-state index contributed by atoms with van der Waals surface area (Å²) in [5, 5.41) is 8.74. The highest BCUT2D eigenvalue weighted by molar-refractivity contribution is 7.99. The molecule has 1 aliphatic heterocycles. The van der Waals surface area contributed by atoms with Gasteiger partial charge in [0.25, 0.3) is 0 Å². The van der Waals surface area contributed by atoms with Gasteiger partial charge in [0.05, 0.1) is 6.07 Å². The van der Waals surface area contributed by atoms with Crippen molar-refractivity contribution in [1.82, 2.24) is 0 Å². The van der Waals surface area contributed by atoms with Crippen LogP contribution in [0.1, 0.15) is 26.7 Å². The maximum Gasteiger partial charge on any atom is 0.0947 e. The van der Waals surface area contributed by atoms with Crippen molar-refractivity contribution in [1.29, 1.82) is 5.26 Å². The van der Waals surface area contributed by atoms with Crippen LogP contribution in [-0.2, 0) is 0 Å². The fourth-order valence-corrected chi connectivity index (χ4v) is 2.00. The van der Waals surface area contributed by atoms with Gasteiger partial charge >= 0.3 is 0 Å². The summed E-state index contributed by atoms with van der Waals surface area (Å²) in [5.41, 5.74) is 6.69. The first-order valence-corrected chi connectivity index (χ1v) is 6.56. The lowest BCUT2D eigenvalue weighted by Gasteiger charge is -2.08. The summed E-state index contributed by atoms with van der Waals surface area (Å²) in [6.45, 7) is 4.00. The van der Waals surface area contributed by atoms with Crippen molar-refractivity contribution >= 4 is 11.8 Å². The van der Waals surface area contributed by atoms with E-state index in [1.165, 1.54) is 0 Å². The molecule has 3 heteroatoms. The van der Waals surface area contributed by atoms with Crippen LogP contribution < -0.4 is 5.73 Å². The predicted octanol–water partition coefficient (Wildman–Crippen LogP) is 2.87. The van der Waals surface area contributed by atoms with Gasteiger partial charge in [-0.2, -0.15) is 17.0 Å². The van der Waals surface area contributed by atoms with Crippen LogP contribution in [0.4, 0.5) is 0 Å². The normalized spacial score (nSPS) is 27.3. The Balaban J connectivity index is 0.000000921. The second kappa shape index (κ2) is 9.82. The summed E-state index contributed by atoms with van der Waals surface area (Å²) in [6.07, 6.45) is 7.77. The summed E-state index contributed by atoms with van der Waals surface area (Å²) in [7, 11) is 0. The number of hydrogen-bond donors (Lipinski definition) is 1. The lowest BCUT2D eigenvalue weighted by atomic mass is 10.1. The minimum absolute atomic E-state index is 0.262. The lowest BCUT2D eigenvalue weighted by molar-refractivity contribution is 0.767. The van der Waals surface area contributed by atoms with Crippen LogP contribution in [0, 0.1) is 11.3 Å². The van der Waals surface area contributed by atoms with Crippen LogP contribution in [0.2, 0.25) is 0 Å². The van der Waals surface area contributed by atoms with E-state index in [0.29, 0.717) is 0 Å². The monoisotopic (exact) mass is 224 g/mol. The summed E-state index contributed by atoms with van der Waals surface area (Å²) >= 11 is 1.79. The highest BCUT2D eigenvalue weighted by atomic mass is 32.2. The zero-order valence-corrected chi connectivity index (χ0v) is 10.4. The fourth-order valence-electron chi connectivity index (χ4n) is 1.10. The van der Waals surface area contributed by atoms with Crippen molar-refractivity contribution in [2.45, 2.75) is 32.7 Å². The van der Waals surface area contributed by atoms with Crippen molar-refractivity contribution in [2.75, 3.05) is 11.5 Å². The summed E-state index contributed by atoms with van der Waals surface area (Å²) in [4.78, 5) is 0. The van der Waals surface area contributed by atoms with E-state index in [0.717, 1.165) is 29.9 Å². The van der Waals surface area contributed by atoms with Gasteiger partial charge in [0.15, 0.2) is 0 Å². The first-order chi connectivity index (χ1) is 7.33. The topological polar surface area (TPSA) is 49.8 Å². The number of rotatable bonds is 0. The Kier molecular flexibility index (Phi) is 9.35. The minimum Gasteiger partial charge on any atom is -0.327 e. The molecular formula is C12H20N2S. The average Bonchev–Trinajstić information content (AvgIpc) is 2.30. The fraction of sp³-hybridized carbons (Fsp3) is 0.583. The molecule has 1 rings (SSSR count). The third-order valence-corrected chi connectivity index (χ3v) is 2.93. The van der Waals surface area contributed by atoms with Crippen LogP contribution >= 0.6 is 11.8 Å². The van der Waals surface area contributed by atoms with Gasteiger partial charge in [-0.15, -0.1) is 0 Å². The molecule has 1 unspecified atom stereocenters. The molecule has 0 saturated carbocycles. The predicted molar refractivity (Wildman–Crippen MR) is 68.7 cm³/mol. The molecule has 0 aromatic rings. The molecule has 0 bridgehead atoms. The zero-order chi connectivity index (χ0) is 11.5. The second-order valence-corrected chi connectivity index (χ2v) is 4.12. The van der Waals surface area contributed by atoms with E-state index in [1.807, 2.05) is 26.0 Å². The molecule has 0 radical (unpaired) electrons. The van der Waals surface area contributed by atoms with Gasteiger partial charge in [0.2, 0.25) is 0 Å². The molecule has 0 saturated heterocycles. The van der Waals surface area contributed by atoms with E-state index in [1.54, 1.807) is 11.8 Å². The molecule has 1 atom stereocenters. The standard InChI is InChI=1S/C10H14N2S.C2H6/c11-7-9-3-1-2-4-10(12)8-13-6-5-9;1-2/h1-2,5,10H,3-4,6,8,12H2;1-2H3/b2-1-,9-5+;. The van der Waals surface area contributed by atoms with Crippen LogP contribution in [-0.4, -0.2) is 17.5 Å². The third kappa shape index (κ3) is 7.24. The second-order valence-electron chi connectivity index (χ2n) is 3.05. The number of nitrogens with zero attached hydrogens (tertiary/aromatic N) is 1. The summed E-state index contributed by atoms with van der Waals surface area (Å²) < 4.78 is 0. The Morgan fingerprint density at radius 3 is 2.87 bits per heavy atom. The van der Waals surface area contributed by atoms with Crippen molar-refractivity contribution in [3.8, 4) is 6.07 Å². The number of allylic oxidation sites excluding steroid dienone is 2. The molecular weight excluding hydrogens is 204 g/mol. The van der Waals surface area contributed by atoms with Crippen LogP contribution in [0.25, 0.3) is 0 Å². The van der Waals surface area contributed by atoms with E-state index in [-0.39, 0.29) is 6.04 Å². The number of nitriles is 1. The zero-order valence-electron chi connectivity index (χ0n) is 9.57. The largest absolute Gasteiger partial charge is 0.327 e. The molecule has 1 aliphatic rings. The quantitative estimate of drug-likeness (QED) is 0.644. The maximum absolute atomic E-state index is 8.74. The Labute approximate surface area is 97.2 Å². The third-order valence-electron chi connectivity index (χ3n) is 1.87. The van der Waals surface area contributed by atoms with Gasteiger partial charge in [-0.3, -0.25) is 0 Å². The average molecular weight is 224 g/mol. The van der Waals surface area contributed by atoms with Gasteiger partial charge < -0.3 is 5.73 Å². The van der Waals surface area contributed by atoms with Gasteiger partial charge in [-0.25, -0.2) is 0 Å². The molecule has 2 N–H and O–H groups in total. The van der Waals surface area contributed by atoms with E-state index in [9.17, 15) is 0 Å². The summed E-state index contributed by atoms with van der Waals surface area (Å²) in [5.74, 6) is 1.88. The highest BCUT2D eigenvalue weighted by Crippen LogP contribution is 2.11. The SMILES string of the molecule is CC.N#C/C1=C/CSCC(N)C/C=C\C1. The highest BCUT2D eigenvalue weighted by Gasteiger charge is 2.01. The van der Waals surface area contributed by atoms with Crippen molar-refractivity contribution in [3.05, 3.63) is 23.8 Å². The first kappa shape index (κ1) is 14.3. The van der Waals surface area contributed by atoms with Crippen LogP contribution in [0.5, 0.6) is 0 Å². The lowest BCUT2D eigenvalue weighted by Crippen LogP contribution is -2.22. The molecule has 0 aliphatic carbocycles. The van der Waals surface area contributed by atoms with Gasteiger partial charge in [0.1, 0.15) is 0 Å². The molecule has 2 nitrogen and oxygen atoms in total. The molecule has 0 amide bonds. The first-order valence-electron chi connectivity index (χ1n) is 5.40. The number of hydrogen-bond acceptors (Lipinski definition) is 3. The number of nitrogens with two attached hydrogens (primary N) is 1. The van der Waals surface area contributed by atoms with Gasteiger partial charge in [-0.1, -0.05) is 32.1 Å². The maximum atomic E-state index is 8.74. The van der Waals surface area contributed by atoms with Crippen molar-refractivity contribution in [3.63, 3.8) is 0 Å². The van der Waals surface area contributed by atoms with Crippen molar-refractivity contribution in [2.24, 2.45) is 5.73 Å². The molecule has 0 spiro atoms. The van der Waals surface area contributed by atoms with Crippen molar-refractivity contribution < 1.29 is 0 Å². The Hall–Kier alpha value is -0.720.